The van der Waals surface area contributed by atoms with Crippen LogP contribution < -0.4 is 10.1 Å². The number of nitrogens with zero attached hydrogens (tertiary/aromatic N) is 2. The summed E-state index contributed by atoms with van der Waals surface area (Å²) in [7, 11) is 1.77. The number of aliphatic carboxylic acids is 1. The average molecular weight is 343 g/mol. The molecule has 0 saturated carbocycles. The molecular formula is C18H21N3O4. The van der Waals surface area contributed by atoms with Crippen molar-refractivity contribution < 1.29 is 19.4 Å². The molecule has 1 unspecified atom stereocenters. The first-order valence-electron chi connectivity index (χ1n) is 8.20. The number of benzene rings is 1. The van der Waals surface area contributed by atoms with Crippen LogP contribution in [0.5, 0.6) is 5.75 Å². The van der Waals surface area contributed by atoms with Gasteiger partial charge in [0.25, 0.3) is 5.91 Å². The summed E-state index contributed by atoms with van der Waals surface area (Å²) in [5.74, 6) is -0.643. The molecule has 1 aliphatic heterocycles. The van der Waals surface area contributed by atoms with Crippen LogP contribution in [0.2, 0.25) is 0 Å². The van der Waals surface area contributed by atoms with Gasteiger partial charge in [-0.05, 0) is 35.2 Å². The Kier molecular flexibility index (Phi) is 4.48. The van der Waals surface area contributed by atoms with Crippen molar-refractivity contribution >= 4 is 11.9 Å². The standard InChI is InChI=1S/C18H21N3O4/c1-10(2)14-9-13(20-21(14)3)17(22)19-16(18(23)24)12-4-5-15-11(8-12)6-7-25-15/h4-5,8-10,16H,6-7H2,1-3H3,(H,19,22)(H,23,24). The largest absolute Gasteiger partial charge is 0.493 e. The van der Waals surface area contributed by atoms with Gasteiger partial charge in [-0.1, -0.05) is 19.9 Å². The molecule has 0 spiro atoms. The number of ether oxygens (including phenoxy) is 1. The van der Waals surface area contributed by atoms with Crippen molar-refractivity contribution in [1.29, 1.82) is 0 Å². The summed E-state index contributed by atoms with van der Waals surface area (Å²) < 4.78 is 7.08. The summed E-state index contributed by atoms with van der Waals surface area (Å²) in [5, 5.41) is 16.3. The third-order valence-corrected chi connectivity index (χ3v) is 4.31. The van der Waals surface area contributed by atoms with Crippen LogP contribution in [-0.4, -0.2) is 33.4 Å². The van der Waals surface area contributed by atoms with Gasteiger partial charge in [0.15, 0.2) is 6.04 Å². The van der Waals surface area contributed by atoms with E-state index in [9.17, 15) is 14.7 Å². The predicted octanol–water partition coefficient (Wildman–Crippen LogP) is 2.03. The van der Waals surface area contributed by atoms with Gasteiger partial charge in [0.1, 0.15) is 11.4 Å². The first-order valence-corrected chi connectivity index (χ1v) is 8.20. The predicted molar refractivity (Wildman–Crippen MR) is 90.8 cm³/mol. The van der Waals surface area contributed by atoms with Crippen molar-refractivity contribution in [2.75, 3.05) is 6.61 Å². The number of amides is 1. The van der Waals surface area contributed by atoms with Gasteiger partial charge in [-0.15, -0.1) is 0 Å². The molecule has 0 fully saturated rings. The lowest BCUT2D eigenvalue weighted by Crippen LogP contribution is -2.34. The summed E-state index contributed by atoms with van der Waals surface area (Å²) in [6, 6.07) is 5.75. The molecule has 0 aliphatic carbocycles. The number of nitrogens with one attached hydrogen (secondary N) is 1. The second-order valence-electron chi connectivity index (χ2n) is 6.44. The number of fused-ring (bicyclic) bond motifs is 1. The van der Waals surface area contributed by atoms with Crippen molar-refractivity contribution in [2.24, 2.45) is 7.05 Å². The van der Waals surface area contributed by atoms with E-state index in [4.69, 9.17) is 4.74 Å². The molecule has 0 bridgehead atoms. The van der Waals surface area contributed by atoms with E-state index in [2.05, 4.69) is 10.4 Å². The molecule has 1 atom stereocenters. The maximum atomic E-state index is 12.5. The fraction of sp³-hybridized carbons (Fsp3) is 0.389. The Labute approximate surface area is 145 Å². The van der Waals surface area contributed by atoms with E-state index in [0.717, 1.165) is 23.4 Å². The summed E-state index contributed by atoms with van der Waals surface area (Å²) in [6.45, 7) is 4.60. The zero-order valence-electron chi connectivity index (χ0n) is 14.4. The highest BCUT2D eigenvalue weighted by molar-refractivity contribution is 5.95. The van der Waals surface area contributed by atoms with E-state index in [0.29, 0.717) is 12.2 Å². The van der Waals surface area contributed by atoms with E-state index in [1.807, 2.05) is 13.8 Å². The Morgan fingerprint density at radius 1 is 1.32 bits per heavy atom. The van der Waals surface area contributed by atoms with Gasteiger partial charge in [-0.25, -0.2) is 4.79 Å². The van der Waals surface area contributed by atoms with Gasteiger partial charge in [0.05, 0.1) is 6.61 Å². The first-order chi connectivity index (χ1) is 11.9. The lowest BCUT2D eigenvalue weighted by Gasteiger charge is -2.15. The Bertz CT molecular complexity index is 826. The Hall–Kier alpha value is -2.83. The van der Waals surface area contributed by atoms with Gasteiger partial charge in [0, 0.05) is 19.2 Å². The fourth-order valence-electron chi connectivity index (χ4n) is 3.01. The summed E-state index contributed by atoms with van der Waals surface area (Å²) in [6.07, 6.45) is 0.738. The van der Waals surface area contributed by atoms with Crippen molar-refractivity contribution in [3.05, 3.63) is 46.8 Å². The topological polar surface area (TPSA) is 93.5 Å². The van der Waals surface area contributed by atoms with E-state index in [1.54, 1.807) is 36.0 Å². The maximum absolute atomic E-state index is 12.5. The molecule has 0 radical (unpaired) electrons. The van der Waals surface area contributed by atoms with Gasteiger partial charge >= 0.3 is 5.97 Å². The van der Waals surface area contributed by atoms with Gasteiger partial charge in [-0.3, -0.25) is 9.48 Å². The number of carboxylic acids is 1. The minimum absolute atomic E-state index is 0.210. The molecule has 7 nitrogen and oxygen atoms in total. The summed E-state index contributed by atoms with van der Waals surface area (Å²) in [4.78, 5) is 24.2. The van der Waals surface area contributed by atoms with Crippen LogP contribution in [0.1, 0.15) is 53.1 Å². The van der Waals surface area contributed by atoms with E-state index in [-0.39, 0.29) is 11.6 Å². The zero-order valence-corrected chi connectivity index (χ0v) is 14.4. The SMILES string of the molecule is CC(C)c1cc(C(=O)NC(C(=O)O)c2ccc3c(c2)CCO3)nn1C. The number of hydrogen-bond acceptors (Lipinski definition) is 4. The molecule has 1 aromatic carbocycles. The first kappa shape index (κ1) is 17.0. The van der Waals surface area contributed by atoms with Crippen LogP contribution >= 0.6 is 0 Å². The van der Waals surface area contributed by atoms with Crippen LogP contribution in [0.3, 0.4) is 0 Å². The lowest BCUT2D eigenvalue weighted by molar-refractivity contribution is -0.139. The van der Waals surface area contributed by atoms with Crippen LogP contribution in [0.15, 0.2) is 24.3 Å². The Morgan fingerprint density at radius 2 is 2.08 bits per heavy atom. The summed E-state index contributed by atoms with van der Waals surface area (Å²) >= 11 is 0. The Morgan fingerprint density at radius 3 is 2.72 bits per heavy atom. The van der Waals surface area contributed by atoms with E-state index in [1.165, 1.54) is 0 Å². The molecule has 1 amide bonds. The molecule has 1 aliphatic rings. The minimum Gasteiger partial charge on any atom is -0.493 e. The van der Waals surface area contributed by atoms with Gasteiger partial charge in [-0.2, -0.15) is 5.10 Å². The van der Waals surface area contributed by atoms with Crippen LogP contribution in [0.25, 0.3) is 0 Å². The zero-order chi connectivity index (χ0) is 18.1. The van der Waals surface area contributed by atoms with Crippen molar-refractivity contribution in [1.82, 2.24) is 15.1 Å². The number of aromatic nitrogens is 2. The molecule has 25 heavy (non-hydrogen) atoms. The van der Waals surface area contributed by atoms with Crippen molar-refractivity contribution in [2.45, 2.75) is 32.2 Å². The number of rotatable bonds is 5. The molecular weight excluding hydrogens is 322 g/mol. The third kappa shape index (κ3) is 3.35. The van der Waals surface area contributed by atoms with Crippen molar-refractivity contribution in [3.63, 3.8) is 0 Å². The highest BCUT2D eigenvalue weighted by atomic mass is 16.5. The molecule has 3 rings (SSSR count). The van der Waals surface area contributed by atoms with E-state index >= 15 is 0 Å². The summed E-state index contributed by atoms with van der Waals surface area (Å²) in [5.41, 5.74) is 2.59. The highest BCUT2D eigenvalue weighted by Crippen LogP contribution is 2.28. The van der Waals surface area contributed by atoms with Crippen LogP contribution in [0, 0.1) is 0 Å². The molecule has 2 heterocycles. The fourth-order valence-corrected chi connectivity index (χ4v) is 3.01. The van der Waals surface area contributed by atoms with Gasteiger partial charge in [0.2, 0.25) is 0 Å². The van der Waals surface area contributed by atoms with Crippen LogP contribution in [0.4, 0.5) is 0 Å². The highest BCUT2D eigenvalue weighted by Gasteiger charge is 2.26. The number of aryl methyl sites for hydroxylation is 1. The second kappa shape index (κ2) is 6.58. The molecule has 7 heteroatoms. The quantitative estimate of drug-likeness (QED) is 0.866. The maximum Gasteiger partial charge on any atom is 0.330 e. The smallest absolute Gasteiger partial charge is 0.330 e. The molecule has 2 N–H and O–H groups in total. The third-order valence-electron chi connectivity index (χ3n) is 4.31. The molecule has 1 aromatic heterocycles. The van der Waals surface area contributed by atoms with Crippen molar-refractivity contribution in [3.8, 4) is 5.75 Å². The van der Waals surface area contributed by atoms with Gasteiger partial charge < -0.3 is 15.2 Å². The Balaban J connectivity index is 1.83. The minimum atomic E-state index is -1.14. The molecule has 0 saturated heterocycles. The monoisotopic (exact) mass is 343 g/mol. The lowest BCUT2D eigenvalue weighted by atomic mass is 10.0. The van der Waals surface area contributed by atoms with E-state index < -0.39 is 17.9 Å². The molecule has 132 valence electrons. The number of carbonyl (C=O) groups excluding carboxylic acids is 1. The second-order valence-corrected chi connectivity index (χ2v) is 6.44. The average Bonchev–Trinajstić information content (AvgIpc) is 3.17. The normalized spacial score (nSPS) is 14.1. The number of carbonyl (C=O) groups is 2. The number of hydrogen-bond donors (Lipinski definition) is 2. The number of carboxylic acid groups (broad SMARTS) is 1. The molecule has 2 aromatic rings. The van der Waals surface area contributed by atoms with Crippen LogP contribution in [-0.2, 0) is 18.3 Å².